The van der Waals surface area contributed by atoms with Gasteiger partial charge < -0.3 is 11.5 Å². The second-order valence-electron chi connectivity index (χ2n) is 2.78. The van der Waals surface area contributed by atoms with Crippen LogP contribution in [0.3, 0.4) is 0 Å². The number of hydrogen-bond acceptors (Lipinski definition) is 4. The molecule has 5 N–H and O–H groups in total. The Hall–Kier alpha value is -1.76. The van der Waals surface area contributed by atoms with E-state index in [-0.39, 0.29) is 10.9 Å². The minimum absolute atomic E-state index is 0.0864. The Bertz CT molecular complexity index is 464. The molecule has 0 aromatic heterocycles. The van der Waals surface area contributed by atoms with Gasteiger partial charge in [0.15, 0.2) is 0 Å². The molecule has 15 heavy (non-hydrogen) atoms. The van der Waals surface area contributed by atoms with Gasteiger partial charge in [-0.15, -0.1) is 0 Å². The fourth-order valence-electron chi connectivity index (χ4n) is 0.889. The number of sulfonamides is 1. The van der Waals surface area contributed by atoms with Crippen molar-refractivity contribution in [2.24, 2.45) is 10.7 Å². The van der Waals surface area contributed by atoms with E-state index in [1.54, 1.807) is 0 Å². The van der Waals surface area contributed by atoms with Gasteiger partial charge >= 0.3 is 0 Å². The summed E-state index contributed by atoms with van der Waals surface area (Å²) in [4.78, 5) is 3.58. The number of aliphatic imine (C=N–C) groups is 1. The quantitative estimate of drug-likeness (QED) is 0.359. The zero-order valence-electron chi connectivity index (χ0n) is 8.14. The van der Waals surface area contributed by atoms with E-state index in [1.807, 2.05) is 0 Å². The first-order valence-corrected chi connectivity index (χ1v) is 5.54. The maximum Gasteiger partial charge on any atom is 0.264 e. The Morgan fingerprint density at radius 2 is 1.87 bits per heavy atom. The van der Waals surface area contributed by atoms with E-state index < -0.39 is 10.0 Å². The van der Waals surface area contributed by atoms with Crippen LogP contribution in [-0.2, 0) is 10.0 Å². The number of rotatable bonds is 2. The molecule has 1 aromatic carbocycles. The third-order valence-electron chi connectivity index (χ3n) is 1.67. The van der Waals surface area contributed by atoms with Crippen molar-refractivity contribution < 1.29 is 8.42 Å². The number of nitrogens with two attached hydrogens (primary N) is 2. The molecular weight excluding hydrogens is 216 g/mol. The molecule has 0 bridgehead atoms. The Balaban J connectivity index is 3.02. The highest BCUT2D eigenvalue weighted by atomic mass is 32.2. The van der Waals surface area contributed by atoms with Gasteiger partial charge in [0.25, 0.3) is 10.0 Å². The molecule has 6 nitrogen and oxygen atoms in total. The minimum atomic E-state index is -3.65. The lowest BCUT2D eigenvalue weighted by molar-refractivity contribution is 0.592. The lowest BCUT2D eigenvalue weighted by atomic mass is 10.3. The maximum absolute atomic E-state index is 11.6. The average molecular weight is 228 g/mol. The number of benzene rings is 1. The molecule has 0 amide bonds. The SMILES string of the molecule is CN=C(N)NS(=O)(=O)c1ccc(N)cc1. The molecule has 1 rings (SSSR count). The summed E-state index contributed by atoms with van der Waals surface area (Å²) in [5.74, 6) is -0.160. The molecule has 0 unspecified atom stereocenters. The predicted octanol–water partition coefficient (Wildman–Crippen LogP) is -0.508. The zero-order valence-corrected chi connectivity index (χ0v) is 8.95. The smallest absolute Gasteiger partial charge is 0.264 e. The molecular formula is C8H12N4O2S. The molecule has 0 atom stereocenters. The Morgan fingerprint density at radius 1 is 1.33 bits per heavy atom. The molecule has 1 aromatic rings. The monoisotopic (exact) mass is 228 g/mol. The summed E-state index contributed by atoms with van der Waals surface area (Å²) in [5, 5.41) is 0. The highest BCUT2D eigenvalue weighted by Gasteiger charge is 2.13. The standard InChI is InChI=1S/C8H12N4O2S/c1-11-8(10)12-15(13,14)7-4-2-6(9)3-5-7/h2-5H,9H2,1H3,(H3,10,11,12). The van der Waals surface area contributed by atoms with Crippen LogP contribution in [0.2, 0.25) is 0 Å². The first-order chi connectivity index (χ1) is 6.95. The van der Waals surface area contributed by atoms with Crippen LogP contribution in [0.25, 0.3) is 0 Å². The zero-order chi connectivity index (χ0) is 11.5. The molecule has 0 radical (unpaired) electrons. The Labute approximate surface area is 88.0 Å². The lowest BCUT2D eigenvalue weighted by Crippen LogP contribution is -2.36. The van der Waals surface area contributed by atoms with Crippen LogP contribution < -0.4 is 16.2 Å². The molecule has 0 heterocycles. The molecule has 82 valence electrons. The third kappa shape index (κ3) is 2.84. The molecule has 7 heteroatoms. The molecule has 0 aliphatic carbocycles. The molecule has 0 aliphatic heterocycles. The van der Waals surface area contributed by atoms with E-state index >= 15 is 0 Å². The predicted molar refractivity (Wildman–Crippen MR) is 58.7 cm³/mol. The van der Waals surface area contributed by atoms with Crippen LogP contribution in [0.4, 0.5) is 5.69 Å². The minimum Gasteiger partial charge on any atom is -0.399 e. The first-order valence-electron chi connectivity index (χ1n) is 4.06. The van der Waals surface area contributed by atoms with E-state index in [4.69, 9.17) is 11.5 Å². The number of nitrogens with one attached hydrogen (secondary N) is 1. The van der Waals surface area contributed by atoms with Crippen molar-refractivity contribution in [1.29, 1.82) is 0 Å². The summed E-state index contributed by atoms with van der Waals surface area (Å²) in [5.41, 5.74) is 11.2. The summed E-state index contributed by atoms with van der Waals surface area (Å²) in [6.45, 7) is 0. The van der Waals surface area contributed by atoms with Gasteiger partial charge in [0.2, 0.25) is 5.96 Å². The summed E-state index contributed by atoms with van der Waals surface area (Å²) in [7, 11) is -2.26. The van der Waals surface area contributed by atoms with Crippen LogP contribution >= 0.6 is 0 Å². The number of anilines is 1. The van der Waals surface area contributed by atoms with Crippen molar-refractivity contribution in [2.75, 3.05) is 12.8 Å². The molecule has 0 saturated carbocycles. The largest absolute Gasteiger partial charge is 0.399 e. The van der Waals surface area contributed by atoms with E-state index in [9.17, 15) is 8.42 Å². The summed E-state index contributed by atoms with van der Waals surface area (Å²) in [6, 6.07) is 5.77. The van der Waals surface area contributed by atoms with Gasteiger partial charge in [-0.3, -0.25) is 4.99 Å². The van der Waals surface area contributed by atoms with Crippen LogP contribution in [0.1, 0.15) is 0 Å². The van der Waals surface area contributed by atoms with E-state index in [2.05, 4.69) is 9.71 Å². The van der Waals surface area contributed by atoms with Gasteiger partial charge in [-0.05, 0) is 24.3 Å². The third-order valence-corrected chi connectivity index (χ3v) is 3.04. The van der Waals surface area contributed by atoms with Crippen molar-refractivity contribution in [1.82, 2.24) is 4.72 Å². The summed E-state index contributed by atoms with van der Waals surface area (Å²) < 4.78 is 25.3. The van der Waals surface area contributed by atoms with Crippen LogP contribution in [-0.4, -0.2) is 21.4 Å². The highest BCUT2D eigenvalue weighted by Crippen LogP contribution is 2.10. The van der Waals surface area contributed by atoms with Gasteiger partial charge in [-0.1, -0.05) is 0 Å². The van der Waals surface area contributed by atoms with Crippen molar-refractivity contribution in [2.45, 2.75) is 4.90 Å². The second kappa shape index (κ2) is 4.18. The Morgan fingerprint density at radius 3 is 2.33 bits per heavy atom. The van der Waals surface area contributed by atoms with Gasteiger partial charge in [0.05, 0.1) is 4.90 Å². The second-order valence-corrected chi connectivity index (χ2v) is 4.47. The normalized spacial score (nSPS) is 12.5. The molecule has 0 fully saturated rings. The van der Waals surface area contributed by atoms with Gasteiger partial charge in [-0.2, -0.15) is 0 Å². The van der Waals surface area contributed by atoms with E-state index in [0.717, 1.165) is 0 Å². The number of nitrogens with zero attached hydrogens (tertiary/aromatic N) is 1. The fourth-order valence-corrected chi connectivity index (χ4v) is 1.87. The topological polar surface area (TPSA) is 111 Å². The lowest BCUT2D eigenvalue weighted by Gasteiger charge is -2.06. The highest BCUT2D eigenvalue weighted by molar-refractivity contribution is 7.90. The average Bonchev–Trinajstić information content (AvgIpc) is 2.17. The van der Waals surface area contributed by atoms with Crippen molar-refractivity contribution in [3.05, 3.63) is 24.3 Å². The van der Waals surface area contributed by atoms with Crippen molar-refractivity contribution in [3.63, 3.8) is 0 Å². The number of guanidine groups is 1. The first kappa shape index (κ1) is 11.3. The van der Waals surface area contributed by atoms with E-state index in [1.165, 1.54) is 31.3 Å². The molecule has 0 spiro atoms. The van der Waals surface area contributed by atoms with E-state index in [0.29, 0.717) is 5.69 Å². The maximum atomic E-state index is 11.6. The van der Waals surface area contributed by atoms with Crippen LogP contribution in [0, 0.1) is 0 Å². The summed E-state index contributed by atoms with van der Waals surface area (Å²) >= 11 is 0. The summed E-state index contributed by atoms with van der Waals surface area (Å²) in [6.07, 6.45) is 0. The van der Waals surface area contributed by atoms with Crippen molar-refractivity contribution >= 4 is 21.7 Å². The molecule has 0 saturated heterocycles. The van der Waals surface area contributed by atoms with Gasteiger partial charge in [0.1, 0.15) is 0 Å². The Kier molecular flexibility index (Phi) is 3.15. The van der Waals surface area contributed by atoms with Gasteiger partial charge in [0, 0.05) is 12.7 Å². The molecule has 0 aliphatic rings. The van der Waals surface area contributed by atoms with Gasteiger partial charge in [-0.25, -0.2) is 13.1 Å². The van der Waals surface area contributed by atoms with Crippen LogP contribution in [0.15, 0.2) is 34.2 Å². The van der Waals surface area contributed by atoms with Crippen molar-refractivity contribution in [3.8, 4) is 0 Å². The van der Waals surface area contributed by atoms with Crippen LogP contribution in [0.5, 0.6) is 0 Å². The number of hydrogen-bond donors (Lipinski definition) is 3. The number of nitrogen functional groups attached to an aromatic ring is 1. The fraction of sp³-hybridized carbons (Fsp3) is 0.125.